The Balaban J connectivity index is 1.83. The van der Waals surface area contributed by atoms with Gasteiger partial charge in [0, 0.05) is 5.02 Å². The minimum atomic E-state index is -0.145. The van der Waals surface area contributed by atoms with E-state index in [9.17, 15) is 0 Å². The molecule has 2 aromatic carbocycles. The second-order valence-corrected chi connectivity index (χ2v) is 4.79. The first-order valence-electron chi connectivity index (χ1n) is 6.09. The van der Waals surface area contributed by atoms with Crippen molar-refractivity contribution < 1.29 is 4.74 Å². The molecule has 0 saturated heterocycles. The average Bonchev–Trinajstić information content (AvgIpc) is 2.85. The third-order valence-electron chi connectivity index (χ3n) is 2.92. The molecule has 0 spiro atoms. The molecular formula is C15H13ClN2O. The molecule has 1 unspecified atom stereocenters. The number of benzene rings is 2. The first-order valence-corrected chi connectivity index (χ1v) is 6.47. The largest absolute Gasteiger partial charge is 0.483 e. The molecule has 4 heteroatoms. The first-order chi connectivity index (χ1) is 9.22. The molecule has 1 atom stereocenters. The van der Waals surface area contributed by atoms with Crippen LogP contribution in [0.25, 0.3) is 11.0 Å². The van der Waals surface area contributed by atoms with E-state index < -0.39 is 0 Å². The molecule has 1 heterocycles. The number of ether oxygens (including phenoxy) is 1. The lowest BCUT2D eigenvalue weighted by Crippen LogP contribution is -2.04. The number of fused-ring (bicyclic) bond motifs is 1. The number of halogens is 1. The van der Waals surface area contributed by atoms with Gasteiger partial charge in [0.15, 0.2) is 6.10 Å². The Kier molecular flexibility index (Phi) is 3.13. The van der Waals surface area contributed by atoms with Gasteiger partial charge in [-0.1, -0.05) is 23.7 Å². The Labute approximate surface area is 116 Å². The van der Waals surface area contributed by atoms with E-state index in [1.807, 2.05) is 55.5 Å². The summed E-state index contributed by atoms with van der Waals surface area (Å²) in [6.45, 7) is 1.96. The lowest BCUT2D eigenvalue weighted by atomic mass is 10.3. The monoisotopic (exact) mass is 272 g/mol. The number of aromatic amines is 1. The molecular weight excluding hydrogens is 260 g/mol. The predicted octanol–water partition coefficient (Wildman–Crippen LogP) is 4.36. The number of nitrogens with zero attached hydrogens (tertiary/aromatic N) is 1. The molecule has 1 aromatic heterocycles. The Morgan fingerprint density at radius 2 is 1.84 bits per heavy atom. The molecule has 0 fully saturated rings. The number of nitrogens with one attached hydrogen (secondary N) is 1. The summed E-state index contributed by atoms with van der Waals surface area (Å²) in [4.78, 5) is 7.78. The summed E-state index contributed by atoms with van der Waals surface area (Å²) >= 11 is 5.84. The van der Waals surface area contributed by atoms with Gasteiger partial charge in [-0.25, -0.2) is 4.98 Å². The van der Waals surface area contributed by atoms with Crippen molar-refractivity contribution in [2.75, 3.05) is 0 Å². The summed E-state index contributed by atoms with van der Waals surface area (Å²) in [5.41, 5.74) is 1.97. The molecule has 3 nitrogen and oxygen atoms in total. The number of para-hydroxylation sites is 2. The van der Waals surface area contributed by atoms with Crippen LogP contribution in [0.3, 0.4) is 0 Å². The van der Waals surface area contributed by atoms with Crippen molar-refractivity contribution >= 4 is 22.6 Å². The number of hydrogen-bond donors (Lipinski definition) is 1. The molecule has 0 amide bonds. The third-order valence-corrected chi connectivity index (χ3v) is 3.17. The molecule has 0 saturated carbocycles. The fourth-order valence-corrected chi connectivity index (χ4v) is 2.06. The van der Waals surface area contributed by atoms with E-state index >= 15 is 0 Å². The van der Waals surface area contributed by atoms with Gasteiger partial charge in [-0.15, -0.1) is 0 Å². The summed E-state index contributed by atoms with van der Waals surface area (Å²) in [7, 11) is 0. The third kappa shape index (κ3) is 2.56. The Bertz CT molecular complexity index is 658. The highest BCUT2D eigenvalue weighted by Gasteiger charge is 2.12. The maximum absolute atomic E-state index is 5.84. The summed E-state index contributed by atoms with van der Waals surface area (Å²) in [5.74, 6) is 1.59. The predicted molar refractivity (Wildman–Crippen MR) is 76.6 cm³/mol. The smallest absolute Gasteiger partial charge is 0.153 e. The van der Waals surface area contributed by atoms with Crippen molar-refractivity contribution in [3.63, 3.8) is 0 Å². The first kappa shape index (κ1) is 12.1. The van der Waals surface area contributed by atoms with E-state index in [1.54, 1.807) is 0 Å². The van der Waals surface area contributed by atoms with Crippen LogP contribution in [0.1, 0.15) is 18.9 Å². The molecule has 3 rings (SSSR count). The minimum absolute atomic E-state index is 0.145. The van der Waals surface area contributed by atoms with Crippen LogP contribution in [0.4, 0.5) is 0 Å². The van der Waals surface area contributed by atoms with Gasteiger partial charge in [-0.2, -0.15) is 0 Å². The van der Waals surface area contributed by atoms with Gasteiger partial charge in [-0.05, 0) is 43.3 Å². The van der Waals surface area contributed by atoms with Gasteiger partial charge in [0.2, 0.25) is 0 Å². The molecule has 19 heavy (non-hydrogen) atoms. The van der Waals surface area contributed by atoms with Gasteiger partial charge in [-0.3, -0.25) is 0 Å². The van der Waals surface area contributed by atoms with E-state index in [2.05, 4.69) is 9.97 Å². The van der Waals surface area contributed by atoms with E-state index in [0.29, 0.717) is 5.02 Å². The summed E-state index contributed by atoms with van der Waals surface area (Å²) in [6.07, 6.45) is -0.145. The Morgan fingerprint density at radius 1 is 1.11 bits per heavy atom. The lowest BCUT2D eigenvalue weighted by molar-refractivity contribution is 0.218. The van der Waals surface area contributed by atoms with E-state index in [4.69, 9.17) is 16.3 Å². The standard InChI is InChI=1S/C15H13ClN2O/c1-10(19-12-8-6-11(16)7-9-12)15-17-13-4-2-3-5-14(13)18-15/h2-10H,1H3,(H,17,18). The van der Waals surface area contributed by atoms with Gasteiger partial charge in [0.1, 0.15) is 11.6 Å². The van der Waals surface area contributed by atoms with Crippen LogP contribution in [0.2, 0.25) is 5.02 Å². The second kappa shape index (κ2) is 4.94. The number of aromatic nitrogens is 2. The number of hydrogen-bond acceptors (Lipinski definition) is 2. The maximum Gasteiger partial charge on any atom is 0.153 e. The molecule has 96 valence electrons. The van der Waals surface area contributed by atoms with Crippen LogP contribution in [-0.2, 0) is 0 Å². The van der Waals surface area contributed by atoms with Gasteiger partial charge < -0.3 is 9.72 Å². The SMILES string of the molecule is CC(Oc1ccc(Cl)cc1)c1nc2ccccc2[nH]1. The maximum atomic E-state index is 5.84. The van der Waals surface area contributed by atoms with E-state index in [0.717, 1.165) is 22.6 Å². The van der Waals surface area contributed by atoms with Crippen molar-refractivity contribution in [1.29, 1.82) is 0 Å². The zero-order valence-corrected chi connectivity index (χ0v) is 11.2. The van der Waals surface area contributed by atoms with Crippen molar-refractivity contribution in [3.8, 4) is 5.75 Å². The van der Waals surface area contributed by atoms with Crippen molar-refractivity contribution in [2.24, 2.45) is 0 Å². The molecule has 0 aliphatic carbocycles. The van der Waals surface area contributed by atoms with Crippen LogP contribution in [0, 0.1) is 0 Å². The summed E-state index contributed by atoms with van der Waals surface area (Å²) in [6, 6.07) is 15.2. The molecule has 1 N–H and O–H groups in total. The molecule has 0 bridgehead atoms. The topological polar surface area (TPSA) is 37.9 Å². The number of imidazole rings is 1. The van der Waals surface area contributed by atoms with Crippen molar-refractivity contribution in [3.05, 3.63) is 59.4 Å². The van der Waals surface area contributed by atoms with E-state index in [-0.39, 0.29) is 6.10 Å². The van der Waals surface area contributed by atoms with Crippen LogP contribution >= 0.6 is 11.6 Å². The summed E-state index contributed by atoms with van der Waals surface area (Å²) < 4.78 is 5.83. The fourth-order valence-electron chi connectivity index (χ4n) is 1.94. The number of H-pyrrole nitrogens is 1. The molecule has 0 aliphatic heterocycles. The van der Waals surface area contributed by atoms with Crippen LogP contribution in [0.15, 0.2) is 48.5 Å². The quantitative estimate of drug-likeness (QED) is 0.769. The summed E-state index contributed by atoms with van der Waals surface area (Å²) in [5, 5.41) is 0.698. The van der Waals surface area contributed by atoms with Crippen LogP contribution in [0.5, 0.6) is 5.75 Å². The van der Waals surface area contributed by atoms with Crippen molar-refractivity contribution in [2.45, 2.75) is 13.0 Å². The van der Waals surface area contributed by atoms with Gasteiger partial charge >= 0.3 is 0 Å². The highest BCUT2D eigenvalue weighted by atomic mass is 35.5. The van der Waals surface area contributed by atoms with Crippen LogP contribution < -0.4 is 4.74 Å². The zero-order valence-electron chi connectivity index (χ0n) is 10.4. The second-order valence-electron chi connectivity index (χ2n) is 4.35. The molecule has 0 aliphatic rings. The van der Waals surface area contributed by atoms with Crippen molar-refractivity contribution in [1.82, 2.24) is 9.97 Å². The van der Waals surface area contributed by atoms with Gasteiger partial charge in [0.25, 0.3) is 0 Å². The minimum Gasteiger partial charge on any atom is -0.483 e. The molecule has 3 aromatic rings. The normalized spacial score (nSPS) is 12.5. The van der Waals surface area contributed by atoms with E-state index in [1.165, 1.54) is 0 Å². The van der Waals surface area contributed by atoms with Crippen LogP contribution in [-0.4, -0.2) is 9.97 Å². The molecule has 0 radical (unpaired) electrons. The average molecular weight is 273 g/mol. The lowest BCUT2D eigenvalue weighted by Gasteiger charge is -2.12. The van der Waals surface area contributed by atoms with Gasteiger partial charge in [0.05, 0.1) is 11.0 Å². The number of rotatable bonds is 3. The Morgan fingerprint density at radius 3 is 2.58 bits per heavy atom. The zero-order chi connectivity index (χ0) is 13.2. The fraction of sp³-hybridized carbons (Fsp3) is 0.133. The highest BCUT2D eigenvalue weighted by Crippen LogP contribution is 2.23. The Hall–Kier alpha value is -2.00. The highest BCUT2D eigenvalue weighted by molar-refractivity contribution is 6.30.